The number of carbonyl (C=O) groups is 1. The highest BCUT2D eigenvalue weighted by Gasteiger charge is 2.41. The SMILES string of the molecule is C=CCNc1ncnc2sc(C(=O)N3C[C@H]4CC[C@@H]3C4)c(C)c12. The van der Waals surface area contributed by atoms with Crippen molar-refractivity contribution in [2.75, 3.05) is 18.4 Å². The Morgan fingerprint density at radius 1 is 1.52 bits per heavy atom. The molecule has 1 aliphatic heterocycles. The van der Waals surface area contributed by atoms with Gasteiger partial charge in [-0.2, -0.15) is 0 Å². The van der Waals surface area contributed by atoms with Crippen molar-refractivity contribution in [2.45, 2.75) is 32.2 Å². The molecule has 6 heteroatoms. The Morgan fingerprint density at radius 2 is 2.39 bits per heavy atom. The Morgan fingerprint density at radius 3 is 3.09 bits per heavy atom. The zero-order chi connectivity index (χ0) is 16.0. The first-order valence-electron chi connectivity index (χ1n) is 8.09. The van der Waals surface area contributed by atoms with Gasteiger partial charge >= 0.3 is 0 Å². The molecule has 0 unspecified atom stereocenters. The molecule has 23 heavy (non-hydrogen) atoms. The van der Waals surface area contributed by atoms with Crippen LogP contribution in [0.25, 0.3) is 10.2 Å². The standard InChI is InChI=1S/C17H20N4OS/c1-3-6-18-15-13-10(2)14(23-16(13)20-9-19-15)17(22)21-8-11-4-5-12(21)7-11/h3,9,11-12H,1,4-8H2,2H3,(H,18,19,20)/t11-,12+/m0/s1. The van der Waals surface area contributed by atoms with E-state index in [0.717, 1.165) is 39.4 Å². The molecule has 5 nitrogen and oxygen atoms in total. The molecule has 2 aliphatic rings. The molecule has 1 aliphatic carbocycles. The van der Waals surface area contributed by atoms with Crippen molar-refractivity contribution in [1.82, 2.24) is 14.9 Å². The van der Waals surface area contributed by atoms with E-state index in [0.29, 0.717) is 18.5 Å². The van der Waals surface area contributed by atoms with E-state index in [9.17, 15) is 4.79 Å². The van der Waals surface area contributed by atoms with Gasteiger partial charge in [-0.3, -0.25) is 4.79 Å². The second kappa shape index (κ2) is 5.60. The lowest BCUT2D eigenvalue weighted by Crippen LogP contribution is -2.37. The maximum absolute atomic E-state index is 13.0. The first-order valence-corrected chi connectivity index (χ1v) is 8.90. The number of anilines is 1. The van der Waals surface area contributed by atoms with Crippen LogP contribution in [-0.2, 0) is 0 Å². The highest BCUT2D eigenvalue weighted by molar-refractivity contribution is 7.20. The highest BCUT2D eigenvalue weighted by atomic mass is 32.1. The number of carbonyl (C=O) groups excluding carboxylic acids is 1. The zero-order valence-corrected chi connectivity index (χ0v) is 14.0. The van der Waals surface area contributed by atoms with E-state index in [4.69, 9.17) is 0 Å². The third-order valence-corrected chi connectivity index (χ3v) is 6.19. The van der Waals surface area contributed by atoms with Crippen molar-refractivity contribution in [1.29, 1.82) is 0 Å². The monoisotopic (exact) mass is 328 g/mol. The van der Waals surface area contributed by atoms with Gasteiger partial charge in [0, 0.05) is 19.1 Å². The highest BCUT2D eigenvalue weighted by Crippen LogP contribution is 2.40. The van der Waals surface area contributed by atoms with Gasteiger partial charge in [0.05, 0.1) is 10.3 Å². The molecule has 2 fully saturated rings. The van der Waals surface area contributed by atoms with Crippen molar-refractivity contribution in [3.8, 4) is 0 Å². The maximum Gasteiger partial charge on any atom is 0.264 e. The van der Waals surface area contributed by atoms with Gasteiger partial charge in [0.25, 0.3) is 5.91 Å². The third kappa shape index (κ3) is 2.32. The minimum atomic E-state index is 0.173. The smallest absolute Gasteiger partial charge is 0.264 e. The van der Waals surface area contributed by atoms with E-state index >= 15 is 0 Å². The molecule has 3 heterocycles. The number of nitrogens with zero attached hydrogens (tertiary/aromatic N) is 3. The number of fused-ring (bicyclic) bond motifs is 3. The summed E-state index contributed by atoms with van der Waals surface area (Å²) in [6, 6.07) is 0.446. The van der Waals surface area contributed by atoms with Crippen molar-refractivity contribution in [3.63, 3.8) is 0 Å². The number of likely N-dealkylation sites (tertiary alicyclic amines) is 1. The van der Waals surface area contributed by atoms with E-state index in [1.807, 2.05) is 6.92 Å². The molecular formula is C17H20N4OS. The Bertz CT molecular complexity index is 784. The van der Waals surface area contributed by atoms with Crippen molar-refractivity contribution in [3.05, 3.63) is 29.4 Å². The van der Waals surface area contributed by atoms with Crippen LogP contribution in [-0.4, -0.2) is 39.9 Å². The number of nitrogens with one attached hydrogen (secondary N) is 1. The number of hydrogen-bond acceptors (Lipinski definition) is 5. The fraction of sp³-hybridized carbons (Fsp3) is 0.471. The summed E-state index contributed by atoms with van der Waals surface area (Å²) in [7, 11) is 0. The van der Waals surface area contributed by atoms with Crippen LogP contribution in [0.4, 0.5) is 5.82 Å². The number of hydrogen-bond donors (Lipinski definition) is 1. The normalized spacial score (nSPS) is 22.7. The Balaban J connectivity index is 1.71. The molecule has 0 aromatic carbocycles. The summed E-state index contributed by atoms with van der Waals surface area (Å²) >= 11 is 1.49. The van der Waals surface area contributed by atoms with E-state index in [1.54, 1.807) is 12.4 Å². The van der Waals surface area contributed by atoms with E-state index in [1.165, 1.54) is 24.2 Å². The van der Waals surface area contributed by atoms with E-state index < -0.39 is 0 Å². The summed E-state index contributed by atoms with van der Waals surface area (Å²) in [5.41, 5.74) is 0.991. The van der Waals surface area contributed by atoms with Gasteiger partial charge < -0.3 is 10.2 Å². The van der Waals surface area contributed by atoms with Crippen LogP contribution in [0.3, 0.4) is 0 Å². The van der Waals surface area contributed by atoms with Gasteiger partial charge in [0.15, 0.2) is 0 Å². The van der Waals surface area contributed by atoms with Gasteiger partial charge in [0.1, 0.15) is 17.0 Å². The number of thiophene rings is 1. The molecule has 0 radical (unpaired) electrons. The van der Waals surface area contributed by atoms with Crippen molar-refractivity contribution >= 4 is 33.3 Å². The quantitative estimate of drug-likeness (QED) is 0.876. The first kappa shape index (κ1) is 14.6. The van der Waals surface area contributed by atoms with Crippen molar-refractivity contribution in [2.24, 2.45) is 5.92 Å². The molecule has 2 bridgehead atoms. The van der Waals surface area contributed by atoms with E-state index in [2.05, 4.69) is 26.8 Å². The van der Waals surface area contributed by atoms with Crippen LogP contribution >= 0.6 is 11.3 Å². The molecule has 120 valence electrons. The van der Waals surface area contributed by atoms with Gasteiger partial charge in [-0.15, -0.1) is 17.9 Å². The molecule has 2 aromatic heterocycles. The lowest BCUT2D eigenvalue weighted by molar-refractivity contribution is 0.0708. The average Bonchev–Trinajstić information content (AvgIpc) is 3.27. The summed E-state index contributed by atoms with van der Waals surface area (Å²) < 4.78 is 0. The Hall–Kier alpha value is -1.95. The van der Waals surface area contributed by atoms with Gasteiger partial charge in [-0.05, 0) is 37.7 Å². The Kier molecular flexibility index (Phi) is 3.56. The fourth-order valence-corrected chi connectivity index (χ4v) is 4.99. The summed E-state index contributed by atoms with van der Waals surface area (Å²) in [4.78, 5) is 25.5. The zero-order valence-electron chi connectivity index (χ0n) is 13.2. The predicted molar refractivity (Wildman–Crippen MR) is 93.0 cm³/mol. The maximum atomic E-state index is 13.0. The summed E-state index contributed by atoms with van der Waals surface area (Å²) in [5.74, 6) is 1.67. The lowest BCUT2D eigenvalue weighted by Gasteiger charge is -2.26. The van der Waals surface area contributed by atoms with Crippen LogP contribution in [0.2, 0.25) is 0 Å². The average molecular weight is 328 g/mol. The second-order valence-corrected chi connectivity index (χ2v) is 7.42. The number of piperidine rings is 1. The summed E-state index contributed by atoms with van der Waals surface area (Å²) in [6.45, 7) is 7.29. The first-order chi connectivity index (χ1) is 11.2. The fourth-order valence-electron chi connectivity index (χ4n) is 3.88. The lowest BCUT2D eigenvalue weighted by atomic mass is 10.1. The molecule has 2 atom stereocenters. The number of aromatic nitrogens is 2. The molecule has 2 aromatic rings. The number of aryl methyl sites for hydroxylation is 1. The molecule has 1 amide bonds. The van der Waals surface area contributed by atoms with Crippen LogP contribution in [0, 0.1) is 12.8 Å². The van der Waals surface area contributed by atoms with Gasteiger partial charge in [0.2, 0.25) is 0 Å². The summed E-state index contributed by atoms with van der Waals surface area (Å²) in [6.07, 6.45) is 6.97. The molecule has 0 spiro atoms. The molecule has 1 saturated heterocycles. The topological polar surface area (TPSA) is 58.1 Å². The van der Waals surface area contributed by atoms with Crippen LogP contribution in [0.1, 0.15) is 34.5 Å². The van der Waals surface area contributed by atoms with Crippen LogP contribution in [0.15, 0.2) is 19.0 Å². The van der Waals surface area contributed by atoms with E-state index in [-0.39, 0.29) is 5.91 Å². The minimum absolute atomic E-state index is 0.173. The Labute approximate surface area is 139 Å². The second-order valence-electron chi connectivity index (χ2n) is 6.42. The number of rotatable bonds is 4. The molecule has 1 N–H and O–H groups in total. The van der Waals surface area contributed by atoms with Gasteiger partial charge in [-0.25, -0.2) is 9.97 Å². The van der Waals surface area contributed by atoms with Gasteiger partial charge in [-0.1, -0.05) is 6.08 Å². The van der Waals surface area contributed by atoms with Crippen molar-refractivity contribution < 1.29 is 4.79 Å². The van der Waals surface area contributed by atoms with Crippen LogP contribution in [0.5, 0.6) is 0 Å². The largest absolute Gasteiger partial charge is 0.366 e. The molecule has 4 rings (SSSR count). The summed E-state index contributed by atoms with van der Waals surface area (Å²) in [5, 5.41) is 4.20. The van der Waals surface area contributed by atoms with Crippen LogP contribution < -0.4 is 5.32 Å². The predicted octanol–water partition coefficient (Wildman–Crippen LogP) is 3.22. The minimum Gasteiger partial charge on any atom is -0.366 e. The molecule has 1 saturated carbocycles. The third-order valence-electron chi connectivity index (χ3n) is 5.00. The number of amides is 1. The molecular weight excluding hydrogens is 308 g/mol.